The average molecular weight is 166 g/mol. The summed E-state index contributed by atoms with van der Waals surface area (Å²) in [6.45, 7) is 4.36. The second-order valence-electron chi connectivity index (χ2n) is 4.72. The number of allylic oxidation sites excluding steroid dienone is 1. The van der Waals surface area contributed by atoms with Crippen LogP contribution in [0, 0.1) is 5.92 Å². The molecule has 12 heavy (non-hydrogen) atoms. The van der Waals surface area contributed by atoms with E-state index < -0.39 is 0 Å². The molecule has 2 fully saturated rings. The van der Waals surface area contributed by atoms with Gasteiger partial charge in [0.05, 0.1) is 5.60 Å². The summed E-state index contributed by atoms with van der Waals surface area (Å²) in [5.74, 6) is 0.716. The Morgan fingerprint density at radius 3 is 2.83 bits per heavy atom. The Morgan fingerprint density at radius 2 is 2.25 bits per heavy atom. The van der Waals surface area contributed by atoms with Crippen molar-refractivity contribution in [2.75, 3.05) is 0 Å². The molecule has 2 atom stereocenters. The van der Waals surface area contributed by atoms with E-state index >= 15 is 0 Å². The van der Waals surface area contributed by atoms with Gasteiger partial charge in [-0.3, -0.25) is 0 Å². The van der Waals surface area contributed by atoms with E-state index in [1.54, 1.807) is 5.57 Å². The third kappa shape index (κ3) is 1.20. The van der Waals surface area contributed by atoms with Crippen LogP contribution < -0.4 is 0 Å². The fourth-order valence-electron chi connectivity index (χ4n) is 2.88. The van der Waals surface area contributed by atoms with Crippen LogP contribution in [-0.4, -0.2) is 10.7 Å². The maximum absolute atomic E-state index is 10.1. The van der Waals surface area contributed by atoms with E-state index in [0.717, 1.165) is 19.3 Å². The molecule has 68 valence electrons. The molecule has 0 aromatic carbocycles. The lowest BCUT2D eigenvalue weighted by molar-refractivity contribution is 0.0198. The van der Waals surface area contributed by atoms with Crippen LogP contribution in [0.2, 0.25) is 0 Å². The molecular weight excluding hydrogens is 148 g/mol. The normalized spacial score (nSPS) is 40.2. The van der Waals surface area contributed by atoms with Crippen LogP contribution in [0.15, 0.2) is 11.1 Å². The SMILES string of the molecule is CC(C)=C1C[C@@]2(O)CCC[C@@H]1C2. The predicted octanol–water partition coefficient (Wildman–Crippen LogP) is 2.65. The van der Waals surface area contributed by atoms with Crippen LogP contribution in [0.1, 0.15) is 46.0 Å². The molecule has 0 spiro atoms. The Labute approximate surface area is 74.5 Å². The van der Waals surface area contributed by atoms with Crippen LogP contribution in [0.25, 0.3) is 0 Å². The van der Waals surface area contributed by atoms with Gasteiger partial charge in [0.25, 0.3) is 0 Å². The van der Waals surface area contributed by atoms with Gasteiger partial charge in [0.15, 0.2) is 0 Å². The van der Waals surface area contributed by atoms with Gasteiger partial charge in [-0.15, -0.1) is 0 Å². The summed E-state index contributed by atoms with van der Waals surface area (Å²) in [6, 6.07) is 0. The van der Waals surface area contributed by atoms with E-state index in [4.69, 9.17) is 0 Å². The fourth-order valence-corrected chi connectivity index (χ4v) is 2.88. The Morgan fingerprint density at radius 1 is 1.50 bits per heavy atom. The third-order valence-corrected chi connectivity index (χ3v) is 3.48. The summed E-state index contributed by atoms with van der Waals surface area (Å²) >= 11 is 0. The number of rotatable bonds is 0. The largest absolute Gasteiger partial charge is 0.390 e. The number of aliphatic hydroxyl groups is 1. The fraction of sp³-hybridized carbons (Fsp3) is 0.818. The minimum atomic E-state index is -0.310. The molecule has 0 saturated heterocycles. The van der Waals surface area contributed by atoms with Crippen molar-refractivity contribution in [2.24, 2.45) is 5.92 Å². The smallest absolute Gasteiger partial charge is 0.0690 e. The molecule has 0 aromatic rings. The van der Waals surface area contributed by atoms with Gasteiger partial charge in [-0.05, 0) is 51.9 Å². The molecule has 0 heterocycles. The lowest BCUT2D eigenvalue weighted by Gasteiger charge is -2.26. The molecule has 1 heteroatoms. The van der Waals surface area contributed by atoms with Gasteiger partial charge in [0.1, 0.15) is 0 Å². The summed E-state index contributed by atoms with van der Waals surface area (Å²) in [6.07, 6.45) is 5.55. The van der Waals surface area contributed by atoms with Crippen molar-refractivity contribution in [3.63, 3.8) is 0 Å². The molecule has 0 unspecified atom stereocenters. The van der Waals surface area contributed by atoms with Crippen molar-refractivity contribution in [1.29, 1.82) is 0 Å². The average Bonchev–Trinajstić information content (AvgIpc) is 2.22. The van der Waals surface area contributed by atoms with E-state index in [-0.39, 0.29) is 5.60 Å². The highest BCUT2D eigenvalue weighted by atomic mass is 16.3. The number of hydrogen-bond donors (Lipinski definition) is 1. The van der Waals surface area contributed by atoms with Crippen LogP contribution in [0.4, 0.5) is 0 Å². The van der Waals surface area contributed by atoms with Gasteiger partial charge >= 0.3 is 0 Å². The summed E-state index contributed by atoms with van der Waals surface area (Å²) in [5, 5.41) is 10.1. The highest BCUT2D eigenvalue weighted by molar-refractivity contribution is 5.23. The van der Waals surface area contributed by atoms with Crippen molar-refractivity contribution in [3.05, 3.63) is 11.1 Å². The van der Waals surface area contributed by atoms with E-state index in [2.05, 4.69) is 13.8 Å². The summed E-state index contributed by atoms with van der Waals surface area (Å²) in [7, 11) is 0. The number of fused-ring (bicyclic) bond motifs is 2. The van der Waals surface area contributed by atoms with Gasteiger partial charge in [-0.1, -0.05) is 11.1 Å². The zero-order valence-corrected chi connectivity index (χ0v) is 8.06. The van der Waals surface area contributed by atoms with Crippen LogP contribution >= 0.6 is 0 Å². The Hall–Kier alpha value is -0.300. The second kappa shape index (κ2) is 2.59. The maximum atomic E-state index is 10.1. The molecule has 1 N–H and O–H groups in total. The standard InChI is InChI=1S/C11H18O/c1-8(2)10-7-11(12)5-3-4-9(10)6-11/h9,12H,3-7H2,1-2H3/t9-,11-/m1/s1. The van der Waals surface area contributed by atoms with Gasteiger partial charge in [-0.25, -0.2) is 0 Å². The summed E-state index contributed by atoms with van der Waals surface area (Å²) < 4.78 is 0. The maximum Gasteiger partial charge on any atom is 0.0690 e. The van der Waals surface area contributed by atoms with Crippen LogP contribution in [0.3, 0.4) is 0 Å². The van der Waals surface area contributed by atoms with E-state index in [1.165, 1.54) is 18.4 Å². The molecular formula is C11H18O. The molecule has 1 nitrogen and oxygen atoms in total. The van der Waals surface area contributed by atoms with Gasteiger partial charge < -0.3 is 5.11 Å². The van der Waals surface area contributed by atoms with E-state index in [1.807, 2.05) is 0 Å². The zero-order chi connectivity index (χ0) is 8.77. The quantitative estimate of drug-likeness (QED) is 0.548. The Balaban J connectivity index is 2.29. The van der Waals surface area contributed by atoms with Crippen molar-refractivity contribution in [3.8, 4) is 0 Å². The first-order valence-electron chi connectivity index (χ1n) is 4.99. The van der Waals surface area contributed by atoms with Gasteiger partial charge in [0.2, 0.25) is 0 Å². The van der Waals surface area contributed by atoms with Gasteiger partial charge in [0, 0.05) is 0 Å². The molecule has 2 saturated carbocycles. The number of hydrogen-bond acceptors (Lipinski definition) is 1. The first-order valence-corrected chi connectivity index (χ1v) is 4.99. The molecule has 2 rings (SSSR count). The molecule has 0 aliphatic heterocycles. The third-order valence-electron chi connectivity index (χ3n) is 3.48. The van der Waals surface area contributed by atoms with Crippen molar-refractivity contribution < 1.29 is 5.11 Å². The van der Waals surface area contributed by atoms with Crippen LogP contribution in [0.5, 0.6) is 0 Å². The first-order chi connectivity index (χ1) is 5.61. The Kier molecular flexibility index (Phi) is 1.80. The summed E-state index contributed by atoms with van der Waals surface area (Å²) in [5.41, 5.74) is 2.68. The zero-order valence-electron chi connectivity index (χ0n) is 8.06. The van der Waals surface area contributed by atoms with E-state index in [9.17, 15) is 5.11 Å². The minimum Gasteiger partial charge on any atom is -0.390 e. The van der Waals surface area contributed by atoms with Crippen molar-refractivity contribution >= 4 is 0 Å². The molecule has 2 aliphatic rings. The van der Waals surface area contributed by atoms with E-state index in [0.29, 0.717) is 5.92 Å². The lowest BCUT2D eigenvalue weighted by atomic mass is 9.85. The molecule has 0 aromatic heterocycles. The summed E-state index contributed by atoms with van der Waals surface area (Å²) in [4.78, 5) is 0. The lowest BCUT2D eigenvalue weighted by Crippen LogP contribution is -2.27. The molecule has 0 amide bonds. The van der Waals surface area contributed by atoms with Crippen LogP contribution in [-0.2, 0) is 0 Å². The predicted molar refractivity (Wildman–Crippen MR) is 49.9 cm³/mol. The highest BCUT2D eigenvalue weighted by Crippen LogP contribution is 2.49. The first kappa shape index (κ1) is 8.31. The topological polar surface area (TPSA) is 20.2 Å². The van der Waals surface area contributed by atoms with Crippen molar-refractivity contribution in [2.45, 2.75) is 51.6 Å². The Bertz CT molecular complexity index is 225. The monoisotopic (exact) mass is 166 g/mol. The molecule has 0 radical (unpaired) electrons. The second-order valence-corrected chi connectivity index (χ2v) is 4.72. The molecule has 2 aliphatic carbocycles. The molecule has 2 bridgehead atoms. The van der Waals surface area contributed by atoms with Crippen molar-refractivity contribution in [1.82, 2.24) is 0 Å². The van der Waals surface area contributed by atoms with Gasteiger partial charge in [-0.2, -0.15) is 0 Å². The minimum absolute atomic E-state index is 0.310. The highest BCUT2D eigenvalue weighted by Gasteiger charge is 2.43.